The van der Waals surface area contributed by atoms with Crippen molar-refractivity contribution in [2.75, 3.05) is 6.61 Å². The molecule has 1 aromatic rings. The largest absolute Gasteiger partial charge is 0.507 e. The molecule has 1 heterocycles. The summed E-state index contributed by atoms with van der Waals surface area (Å²) in [6.07, 6.45) is 0.717. The third-order valence-corrected chi connectivity index (χ3v) is 4.86. The average Bonchev–Trinajstić information content (AvgIpc) is 2.79. The Bertz CT molecular complexity index is 678. The van der Waals surface area contributed by atoms with Gasteiger partial charge in [0.25, 0.3) is 0 Å². The minimum absolute atomic E-state index is 0.138. The molecule has 1 unspecified atom stereocenters. The van der Waals surface area contributed by atoms with Gasteiger partial charge < -0.3 is 9.84 Å². The van der Waals surface area contributed by atoms with Gasteiger partial charge in [-0.3, -0.25) is 0 Å². The molecule has 0 aliphatic carbocycles. The number of ether oxygens (including phenoxy) is 1. The molecule has 1 aromatic carbocycles. The maximum Gasteiger partial charge on any atom is 0.190 e. The Kier molecular flexibility index (Phi) is 5.02. The van der Waals surface area contributed by atoms with E-state index in [1.54, 1.807) is 0 Å². The summed E-state index contributed by atoms with van der Waals surface area (Å²) in [5.41, 5.74) is 2.22. The molecule has 3 heteroatoms. The van der Waals surface area contributed by atoms with E-state index in [2.05, 4.69) is 81.4 Å². The molecular weight excluding hydrogens is 322 g/mol. The van der Waals surface area contributed by atoms with Gasteiger partial charge in [0, 0.05) is 5.41 Å². The number of aromatic hydroxyl groups is 1. The first-order valence-electron chi connectivity index (χ1n) is 9.48. The number of aliphatic imine (C=N–C) groups is 1. The molecule has 0 bridgehead atoms. The fourth-order valence-corrected chi connectivity index (χ4v) is 3.36. The van der Waals surface area contributed by atoms with Gasteiger partial charge in [0.1, 0.15) is 12.4 Å². The number of benzene rings is 1. The lowest BCUT2D eigenvalue weighted by molar-refractivity contribution is 0.255. The minimum Gasteiger partial charge on any atom is -0.507 e. The van der Waals surface area contributed by atoms with Gasteiger partial charge in [0.05, 0.1) is 5.54 Å². The van der Waals surface area contributed by atoms with Crippen molar-refractivity contribution in [2.24, 2.45) is 10.4 Å². The molecule has 26 heavy (non-hydrogen) atoms. The summed E-state index contributed by atoms with van der Waals surface area (Å²) < 4.78 is 5.86. The van der Waals surface area contributed by atoms with Gasteiger partial charge in [-0.1, -0.05) is 60.6 Å². The van der Waals surface area contributed by atoms with Crippen LogP contribution in [0.5, 0.6) is 5.75 Å². The topological polar surface area (TPSA) is 41.8 Å². The summed E-state index contributed by atoms with van der Waals surface area (Å²) >= 11 is 0. The Balaban J connectivity index is 2.50. The summed E-state index contributed by atoms with van der Waals surface area (Å²) in [4.78, 5) is 4.73. The molecule has 1 atom stereocenters. The van der Waals surface area contributed by atoms with Crippen LogP contribution in [0.3, 0.4) is 0 Å². The SMILES string of the molecule is [CH2]C(C)(Cc1cc(C(C)(C)C)c(O)c(C(C)(C)C)c1)C1=NC(C)(C)CO1. The minimum atomic E-state index is -0.435. The van der Waals surface area contributed by atoms with E-state index in [1.807, 2.05) is 0 Å². The predicted molar refractivity (Wildman–Crippen MR) is 110 cm³/mol. The van der Waals surface area contributed by atoms with Crippen LogP contribution in [0.2, 0.25) is 0 Å². The van der Waals surface area contributed by atoms with Crippen LogP contribution in [0.15, 0.2) is 17.1 Å². The zero-order chi connectivity index (χ0) is 20.1. The molecule has 1 aliphatic rings. The normalized spacial score (nSPS) is 17.8. The lowest BCUT2D eigenvalue weighted by Crippen LogP contribution is -2.28. The summed E-state index contributed by atoms with van der Waals surface area (Å²) in [5.74, 6) is 1.14. The summed E-state index contributed by atoms with van der Waals surface area (Å²) in [7, 11) is 0. The molecule has 0 saturated carbocycles. The van der Waals surface area contributed by atoms with E-state index in [0.717, 1.165) is 22.6 Å². The Morgan fingerprint density at radius 1 is 1.04 bits per heavy atom. The van der Waals surface area contributed by atoms with E-state index < -0.39 is 5.41 Å². The monoisotopic (exact) mass is 358 g/mol. The van der Waals surface area contributed by atoms with Gasteiger partial charge in [0.2, 0.25) is 0 Å². The van der Waals surface area contributed by atoms with Crippen molar-refractivity contribution in [3.63, 3.8) is 0 Å². The van der Waals surface area contributed by atoms with Gasteiger partial charge in [-0.2, -0.15) is 0 Å². The second-order valence-corrected chi connectivity index (χ2v) is 10.8. The van der Waals surface area contributed by atoms with Gasteiger partial charge in [0.15, 0.2) is 5.90 Å². The van der Waals surface area contributed by atoms with E-state index in [1.165, 1.54) is 0 Å². The molecular formula is C23H36NO2. The third-order valence-electron chi connectivity index (χ3n) is 4.86. The van der Waals surface area contributed by atoms with E-state index in [9.17, 15) is 5.11 Å². The molecule has 1 N–H and O–H groups in total. The van der Waals surface area contributed by atoms with E-state index in [-0.39, 0.29) is 16.4 Å². The van der Waals surface area contributed by atoms with Crippen molar-refractivity contribution >= 4 is 5.90 Å². The van der Waals surface area contributed by atoms with Crippen LogP contribution in [-0.4, -0.2) is 23.2 Å². The number of phenolic OH excluding ortho intramolecular Hbond substituents is 1. The van der Waals surface area contributed by atoms with Crippen LogP contribution in [0, 0.1) is 12.3 Å². The van der Waals surface area contributed by atoms with E-state index in [0.29, 0.717) is 18.8 Å². The molecule has 0 fully saturated rings. The Hall–Kier alpha value is -1.51. The Labute approximate surface area is 159 Å². The fourth-order valence-electron chi connectivity index (χ4n) is 3.36. The molecule has 0 spiro atoms. The van der Waals surface area contributed by atoms with Crippen molar-refractivity contribution < 1.29 is 9.84 Å². The van der Waals surface area contributed by atoms with E-state index in [4.69, 9.17) is 9.73 Å². The highest BCUT2D eigenvalue weighted by Gasteiger charge is 2.37. The first-order chi connectivity index (χ1) is 11.5. The van der Waals surface area contributed by atoms with Crippen molar-refractivity contribution in [1.82, 2.24) is 0 Å². The van der Waals surface area contributed by atoms with Crippen LogP contribution in [0.1, 0.15) is 79.0 Å². The fraction of sp³-hybridized carbons (Fsp3) is 0.652. The maximum absolute atomic E-state index is 10.9. The second kappa shape index (κ2) is 6.28. The molecule has 2 rings (SSSR count). The lowest BCUT2D eigenvalue weighted by Gasteiger charge is -2.30. The number of phenols is 1. The van der Waals surface area contributed by atoms with Crippen LogP contribution in [0.4, 0.5) is 0 Å². The van der Waals surface area contributed by atoms with Crippen molar-refractivity contribution in [2.45, 2.75) is 85.1 Å². The van der Waals surface area contributed by atoms with E-state index >= 15 is 0 Å². The quantitative estimate of drug-likeness (QED) is 0.766. The smallest absolute Gasteiger partial charge is 0.190 e. The molecule has 0 amide bonds. The average molecular weight is 359 g/mol. The van der Waals surface area contributed by atoms with Crippen molar-refractivity contribution in [3.05, 3.63) is 35.7 Å². The molecule has 1 radical (unpaired) electrons. The summed E-state index contributed by atoms with van der Waals surface area (Å²) in [6.45, 7) is 24.0. The van der Waals surface area contributed by atoms with Gasteiger partial charge in [-0.05, 0) is 54.7 Å². The van der Waals surface area contributed by atoms with Crippen LogP contribution in [-0.2, 0) is 22.0 Å². The van der Waals surface area contributed by atoms with Crippen molar-refractivity contribution in [3.8, 4) is 5.75 Å². The van der Waals surface area contributed by atoms with Gasteiger partial charge in [-0.25, -0.2) is 4.99 Å². The third kappa shape index (κ3) is 4.42. The Morgan fingerprint density at radius 3 is 1.85 bits per heavy atom. The molecule has 0 saturated heterocycles. The first-order valence-corrected chi connectivity index (χ1v) is 9.48. The second-order valence-electron chi connectivity index (χ2n) is 10.8. The summed E-state index contributed by atoms with van der Waals surface area (Å²) in [5, 5.41) is 10.9. The molecule has 0 aromatic heterocycles. The van der Waals surface area contributed by atoms with Gasteiger partial charge >= 0.3 is 0 Å². The molecule has 145 valence electrons. The Morgan fingerprint density at radius 2 is 1.50 bits per heavy atom. The standard InChI is InChI=1S/C23H36NO2/c1-20(2,3)16-11-15(12-17(18(16)25)21(4,5)6)13-22(7,8)19-24-23(9,10)14-26-19/h11-12,25H,7,13-14H2,1-6,8-10H3. The number of hydrogen-bond donors (Lipinski definition) is 1. The highest BCUT2D eigenvalue weighted by Crippen LogP contribution is 2.41. The lowest BCUT2D eigenvalue weighted by atomic mass is 9.76. The zero-order valence-corrected chi connectivity index (χ0v) is 18.1. The number of rotatable bonds is 3. The molecule has 1 aliphatic heterocycles. The number of hydrogen-bond acceptors (Lipinski definition) is 3. The highest BCUT2D eigenvalue weighted by atomic mass is 16.5. The number of nitrogens with zero attached hydrogens (tertiary/aromatic N) is 1. The zero-order valence-electron chi connectivity index (χ0n) is 18.1. The first kappa shape index (κ1) is 20.8. The van der Waals surface area contributed by atoms with Crippen molar-refractivity contribution in [1.29, 1.82) is 0 Å². The van der Waals surface area contributed by atoms with Crippen LogP contribution >= 0.6 is 0 Å². The van der Waals surface area contributed by atoms with Crippen LogP contribution < -0.4 is 0 Å². The predicted octanol–water partition coefficient (Wildman–Crippen LogP) is 5.58. The van der Waals surface area contributed by atoms with Gasteiger partial charge in [-0.15, -0.1) is 0 Å². The van der Waals surface area contributed by atoms with Crippen LogP contribution in [0.25, 0.3) is 0 Å². The maximum atomic E-state index is 10.9. The highest BCUT2D eigenvalue weighted by molar-refractivity contribution is 5.85. The summed E-state index contributed by atoms with van der Waals surface area (Å²) in [6, 6.07) is 4.24. The molecule has 3 nitrogen and oxygen atoms in total.